The Hall–Kier alpha value is -7.76. The van der Waals surface area contributed by atoms with Crippen molar-refractivity contribution in [1.29, 1.82) is 0 Å². The summed E-state index contributed by atoms with van der Waals surface area (Å²) in [5, 5.41) is 3.00. The third kappa shape index (κ3) is 5.72. The van der Waals surface area contributed by atoms with Crippen molar-refractivity contribution in [2.45, 2.75) is 0 Å². The standard InChI is InChI=1S/C52H33N3O2/c1-4-13-34(14-5-1)35-23-25-37(26-24-35)48-51-49(44-19-10-11-22-46(44)56-51)54-52(53-48)45-21-12-20-43-42-32-29-38(33-47(42)57-50(43)45)36-27-30-41(31-28-36)55(39-15-6-2-7-16-39)40-17-8-3-9-18-40/h1-33H. The smallest absolute Gasteiger partial charge is 0.180 e. The second-order valence-electron chi connectivity index (χ2n) is 14.2. The molecule has 0 unspecified atom stereocenters. The number of anilines is 3. The van der Waals surface area contributed by atoms with E-state index in [1.165, 1.54) is 0 Å². The van der Waals surface area contributed by atoms with Gasteiger partial charge in [0.05, 0.1) is 5.56 Å². The number of para-hydroxylation sites is 4. The number of hydrogen-bond donors (Lipinski definition) is 0. The normalized spacial score (nSPS) is 11.5. The fraction of sp³-hybridized carbons (Fsp3) is 0. The summed E-state index contributed by atoms with van der Waals surface area (Å²) in [4.78, 5) is 12.7. The highest BCUT2D eigenvalue weighted by atomic mass is 16.3. The van der Waals surface area contributed by atoms with Crippen molar-refractivity contribution in [3.63, 3.8) is 0 Å². The minimum Gasteiger partial charge on any atom is -0.455 e. The maximum absolute atomic E-state index is 6.76. The second kappa shape index (κ2) is 13.5. The molecule has 0 N–H and O–H groups in total. The molecule has 3 heterocycles. The van der Waals surface area contributed by atoms with Crippen molar-refractivity contribution >= 4 is 61.1 Å². The van der Waals surface area contributed by atoms with Crippen LogP contribution in [0.25, 0.3) is 88.9 Å². The molecule has 5 nitrogen and oxygen atoms in total. The first-order chi connectivity index (χ1) is 28.2. The molecule has 0 radical (unpaired) electrons. The zero-order chi connectivity index (χ0) is 37.7. The van der Waals surface area contributed by atoms with Gasteiger partial charge in [0.15, 0.2) is 11.4 Å². The lowest BCUT2D eigenvalue weighted by Gasteiger charge is -2.25. The van der Waals surface area contributed by atoms with E-state index in [-0.39, 0.29) is 0 Å². The Kier molecular flexibility index (Phi) is 7.74. The van der Waals surface area contributed by atoms with E-state index in [4.69, 9.17) is 18.8 Å². The average molecular weight is 732 g/mol. The minimum absolute atomic E-state index is 0.582. The van der Waals surface area contributed by atoms with Gasteiger partial charge in [0.1, 0.15) is 28.0 Å². The molecule has 11 rings (SSSR count). The van der Waals surface area contributed by atoms with Crippen LogP contribution in [0.2, 0.25) is 0 Å². The summed E-state index contributed by atoms with van der Waals surface area (Å²) in [5.41, 5.74) is 14.0. The number of hydrogen-bond acceptors (Lipinski definition) is 5. The summed E-state index contributed by atoms with van der Waals surface area (Å²) in [7, 11) is 0. The molecule has 0 spiro atoms. The number of rotatable bonds is 7. The Morgan fingerprint density at radius 3 is 1.63 bits per heavy atom. The molecule has 0 saturated carbocycles. The van der Waals surface area contributed by atoms with E-state index < -0.39 is 0 Å². The van der Waals surface area contributed by atoms with Crippen LogP contribution < -0.4 is 4.90 Å². The summed E-state index contributed by atoms with van der Waals surface area (Å²) in [5.74, 6) is 0.582. The first-order valence-electron chi connectivity index (χ1n) is 19.1. The van der Waals surface area contributed by atoms with Crippen molar-refractivity contribution in [3.8, 4) is 44.9 Å². The van der Waals surface area contributed by atoms with Gasteiger partial charge in [0.2, 0.25) is 0 Å². The largest absolute Gasteiger partial charge is 0.455 e. The molecule has 0 amide bonds. The van der Waals surface area contributed by atoms with Gasteiger partial charge in [0.25, 0.3) is 0 Å². The van der Waals surface area contributed by atoms with Crippen molar-refractivity contribution in [2.75, 3.05) is 4.90 Å². The molecule has 5 heteroatoms. The molecule has 268 valence electrons. The Bertz CT molecular complexity index is 3170. The Morgan fingerprint density at radius 1 is 0.351 bits per heavy atom. The molecule has 0 bridgehead atoms. The van der Waals surface area contributed by atoms with E-state index in [9.17, 15) is 0 Å². The van der Waals surface area contributed by atoms with Gasteiger partial charge < -0.3 is 13.7 Å². The van der Waals surface area contributed by atoms with Gasteiger partial charge in [-0.15, -0.1) is 0 Å². The average Bonchev–Trinajstić information content (AvgIpc) is 3.86. The zero-order valence-corrected chi connectivity index (χ0v) is 30.7. The van der Waals surface area contributed by atoms with Crippen molar-refractivity contribution in [3.05, 3.63) is 200 Å². The lowest BCUT2D eigenvalue weighted by molar-refractivity contribution is 0.666. The quantitative estimate of drug-likeness (QED) is 0.163. The highest BCUT2D eigenvalue weighted by Crippen LogP contribution is 2.41. The van der Waals surface area contributed by atoms with Crippen LogP contribution in [0.5, 0.6) is 0 Å². The lowest BCUT2D eigenvalue weighted by atomic mass is 10.0. The van der Waals surface area contributed by atoms with E-state index in [0.29, 0.717) is 11.4 Å². The van der Waals surface area contributed by atoms with Crippen molar-refractivity contribution < 1.29 is 8.83 Å². The van der Waals surface area contributed by atoms with Crippen LogP contribution in [0, 0.1) is 0 Å². The maximum Gasteiger partial charge on any atom is 0.180 e. The molecule has 8 aromatic carbocycles. The summed E-state index contributed by atoms with van der Waals surface area (Å²) in [6.07, 6.45) is 0. The fourth-order valence-corrected chi connectivity index (χ4v) is 7.92. The Morgan fingerprint density at radius 2 is 0.895 bits per heavy atom. The molecule has 0 aliphatic carbocycles. The molecular formula is C52H33N3O2. The zero-order valence-electron chi connectivity index (χ0n) is 30.7. The van der Waals surface area contributed by atoms with E-state index in [0.717, 1.165) is 94.6 Å². The van der Waals surface area contributed by atoms with Gasteiger partial charge in [-0.25, -0.2) is 9.97 Å². The van der Waals surface area contributed by atoms with Gasteiger partial charge >= 0.3 is 0 Å². The fourth-order valence-electron chi connectivity index (χ4n) is 7.92. The summed E-state index contributed by atoms with van der Waals surface area (Å²) < 4.78 is 13.2. The number of fused-ring (bicyclic) bond motifs is 6. The topological polar surface area (TPSA) is 55.3 Å². The number of nitrogens with zero attached hydrogens (tertiary/aromatic N) is 3. The van der Waals surface area contributed by atoms with E-state index >= 15 is 0 Å². The van der Waals surface area contributed by atoms with E-state index in [2.05, 4.69) is 163 Å². The van der Waals surface area contributed by atoms with Crippen LogP contribution in [0.4, 0.5) is 17.1 Å². The van der Waals surface area contributed by atoms with Gasteiger partial charge in [-0.2, -0.15) is 0 Å². The van der Waals surface area contributed by atoms with Crippen LogP contribution in [0.15, 0.2) is 209 Å². The molecule has 11 aromatic rings. The molecule has 0 atom stereocenters. The molecule has 3 aromatic heterocycles. The van der Waals surface area contributed by atoms with Gasteiger partial charge in [0, 0.05) is 38.8 Å². The predicted octanol–water partition coefficient (Wildman–Crippen LogP) is 14.4. The molecule has 0 aliphatic rings. The van der Waals surface area contributed by atoms with E-state index in [1.54, 1.807) is 0 Å². The van der Waals surface area contributed by atoms with Gasteiger partial charge in [-0.1, -0.05) is 133 Å². The van der Waals surface area contributed by atoms with Crippen LogP contribution in [0.1, 0.15) is 0 Å². The van der Waals surface area contributed by atoms with Gasteiger partial charge in [-0.3, -0.25) is 0 Å². The van der Waals surface area contributed by atoms with Gasteiger partial charge in [-0.05, 0) is 89.0 Å². The van der Waals surface area contributed by atoms with Crippen LogP contribution >= 0.6 is 0 Å². The third-order valence-corrected chi connectivity index (χ3v) is 10.7. The SMILES string of the molecule is c1ccc(-c2ccc(-c3nc(-c4cccc5c4oc4cc(-c6ccc(N(c7ccccc7)c7ccccc7)cc6)ccc45)nc4c3oc3ccccc34)cc2)cc1. The van der Waals surface area contributed by atoms with Crippen molar-refractivity contribution in [1.82, 2.24) is 9.97 Å². The first kappa shape index (κ1) is 32.7. The predicted molar refractivity (Wildman–Crippen MR) is 233 cm³/mol. The highest BCUT2D eigenvalue weighted by molar-refractivity contribution is 6.11. The summed E-state index contributed by atoms with van der Waals surface area (Å²) >= 11 is 0. The molecule has 0 aliphatic heterocycles. The number of benzene rings is 8. The third-order valence-electron chi connectivity index (χ3n) is 10.7. The monoisotopic (exact) mass is 731 g/mol. The lowest BCUT2D eigenvalue weighted by Crippen LogP contribution is -2.09. The van der Waals surface area contributed by atoms with Crippen molar-refractivity contribution in [2.24, 2.45) is 0 Å². The number of aromatic nitrogens is 2. The molecule has 57 heavy (non-hydrogen) atoms. The molecular weight excluding hydrogens is 699 g/mol. The Balaban J connectivity index is 1.000. The van der Waals surface area contributed by atoms with Crippen LogP contribution in [-0.2, 0) is 0 Å². The summed E-state index contributed by atoms with van der Waals surface area (Å²) in [6.45, 7) is 0. The first-order valence-corrected chi connectivity index (χ1v) is 19.1. The highest BCUT2D eigenvalue weighted by Gasteiger charge is 2.21. The maximum atomic E-state index is 6.76. The van der Waals surface area contributed by atoms with E-state index in [1.807, 2.05) is 42.5 Å². The molecule has 0 fully saturated rings. The summed E-state index contributed by atoms with van der Waals surface area (Å²) in [6, 6.07) is 69.2. The minimum atomic E-state index is 0.582. The number of furan rings is 2. The Labute approximate surface area is 328 Å². The van der Waals surface area contributed by atoms with Crippen LogP contribution in [-0.4, -0.2) is 9.97 Å². The second-order valence-corrected chi connectivity index (χ2v) is 14.2. The molecule has 0 saturated heterocycles. The van der Waals surface area contributed by atoms with Crippen LogP contribution in [0.3, 0.4) is 0 Å².